The Morgan fingerprint density at radius 2 is 1.89 bits per heavy atom. The summed E-state index contributed by atoms with van der Waals surface area (Å²) in [5.41, 5.74) is 0.779. The quantitative estimate of drug-likeness (QED) is 0.172. The summed E-state index contributed by atoms with van der Waals surface area (Å²) in [6.07, 6.45) is 0.236. The molecule has 0 unspecified atom stereocenters. The first-order valence-corrected chi connectivity index (χ1v) is 10.5. The summed E-state index contributed by atoms with van der Waals surface area (Å²) >= 11 is 0. The van der Waals surface area contributed by atoms with Crippen molar-refractivity contribution in [2.45, 2.75) is 32.9 Å². The van der Waals surface area contributed by atoms with Gasteiger partial charge in [-0.1, -0.05) is 0 Å². The van der Waals surface area contributed by atoms with Crippen LogP contribution in [0.2, 0.25) is 0 Å². The number of nitro groups is 1. The number of benzene rings is 2. The number of nitro benzene ring substituents is 1. The van der Waals surface area contributed by atoms with Crippen molar-refractivity contribution in [1.29, 1.82) is 0 Å². The van der Waals surface area contributed by atoms with Crippen molar-refractivity contribution in [3.63, 3.8) is 0 Å². The number of aromatic nitrogens is 1. The molecule has 180 valence electrons. The van der Waals surface area contributed by atoms with Gasteiger partial charge in [0.15, 0.2) is 5.58 Å². The van der Waals surface area contributed by atoms with Crippen LogP contribution in [-0.4, -0.2) is 21.4 Å². The van der Waals surface area contributed by atoms with Crippen molar-refractivity contribution in [2.75, 3.05) is 5.32 Å². The number of carbonyl (C=O) groups excluding carboxylic acids is 2. The third-order valence-electron chi connectivity index (χ3n) is 5.16. The first-order chi connectivity index (χ1) is 16.7. The fraction of sp³-hybridized carbons (Fsp3) is 0.217. The van der Waals surface area contributed by atoms with Crippen LogP contribution < -0.4 is 16.7 Å². The third-order valence-corrected chi connectivity index (χ3v) is 5.16. The normalized spacial score (nSPS) is 11.0. The Morgan fingerprint density at radius 3 is 2.63 bits per heavy atom. The lowest BCUT2D eigenvalue weighted by atomic mass is 10.1. The number of aryl methyl sites for hydroxylation is 1. The number of rotatable bonds is 8. The molecular weight excluding hydrogens is 462 g/mol. The second kappa shape index (κ2) is 9.63. The topological polar surface area (TPSA) is 164 Å². The maximum Gasteiger partial charge on any atom is 0.419 e. The highest BCUT2D eigenvalue weighted by Gasteiger charge is 2.15. The molecule has 0 saturated heterocycles. The summed E-state index contributed by atoms with van der Waals surface area (Å²) in [7, 11) is 0. The van der Waals surface area contributed by atoms with Gasteiger partial charge in [0.25, 0.3) is 5.69 Å². The second-order valence-electron chi connectivity index (χ2n) is 7.68. The number of fused-ring (bicyclic) bond motifs is 2. The fourth-order valence-corrected chi connectivity index (χ4v) is 3.62. The smallest absolute Gasteiger partial charge is 0.419 e. The molecule has 12 heteroatoms. The van der Waals surface area contributed by atoms with E-state index in [0.717, 1.165) is 0 Å². The van der Waals surface area contributed by atoms with Crippen LogP contribution in [0.1, 0.15) is 25.3 Å². The Morgan fingerprint density at radius 1 is 1.09 bits per heavy atom. The van der Waals surface area contributed by atoms with E-state index in [1.807, 2.05) is 0 Å². The Balaban J connectivity index is 1.39. The number of non-ortho nitro benzene ring substituents is 1. The Kier molecular flexibility index (Phi) is 6.44. The molecule has 4 aromatic rings. The maximum atomic E-state index is 12.3. The highest BCUT2D eigenvalue weighted by atomic mass is 16.6. The van der Waals surface area contributed by atoms with Gasteiger partial charge < -0.3 is 18.9 Å². The maximum absolute atomic E-state index is 12.3. The number of oxazole rings is 1. The zero-order chi connectivity index (χ0) is 25.1. The first-order valence-electron chi connectivity index (χ1n) is 10.5. The van der Waals surface area contributed by atoms with E-state index in [1.165, 1.54) is 41.8 Å². The summed E-state index contributed by atoms with van der Waals surface area (Å²) in [4.78, 5) is 57.8. The number of hydrogen-bond donors (Lipinski definition) is 1. The molecule has 35 heavy (non-hydrogen) atoms. The molecule has 0 aliphatic carbocycles. The first kappa shape index (κ1) is 23.4. The lowest BCUT2D eigenvalue weighted by molar-refractivity contribution is -0.384. The lowest BCUT2D eigenvalue weighted by Gasteiger charge is -2.09. The van der Waals surface area contributed by atoms with Crippen LogP contribution in [0.25, 0.3) is 22.1 Å². The molecule has 0 spiro atoms. The summed E-state index contributed by atoms with van der Waals surface area (Å²) < 4.78 is 16.8. The molecule has 0 aliphatic rings. The Bertz CT molecular complexity index is 1580. The monoisotopic (exact) mass is 481 g/mol. The minimum Gasteiger partial charge on any atom is -0.461 e. The minimum atomic E-state index is -0.685. The van der Waals surface area contributed by atoms with Crippen molar-refractivity contribution in [3.05, 3.63) is 79.1 Å². The van der Waals surface area contributed by atoms with Crippen LogP contribution >= 0.6 is 0 Å². The second-order valence-corrected chi connectivity index (χ2v) is 7.68. The summed E-state index contributed by atoms with van der Waals surface area (Å²) in [6, 6.07) is 9.86. The van der Waals surface area contributed by atoms with E-state index >= 15 is 0 Å². The molecule has 2 aromatic heterocycles. The number of amides is 1. The molecule has 2 heterocycles. The van der Waals surface area contributed by atoms with Gasteiger partial charge in [-0.25, -0.2) is 9.59 Å². The van der Waals surface area contributed by atoms with Gasteiger partial charge in [0.1, 0.15) is 12.2 Å². The number of anilines is 1. The van der Waals surface area contributed by atoms with Crippen LogP contribution in [0.5, 0.6) is 0 Å². The third kappa shape index (κ3) is 5.27. The molecule has 0 radical (unpaired) electrons. The largest absolute Gasteiger partial charge is 0.461 e. The van der Waals surface area contributed by atoms with E-state index in [9.17, 15) is 29.3 Å². The van der Waals surface area contributed by atoms with Gasteiger partial charge in [0, 0.05) is 54.7 Å². The summed E-state index contributed by atoms with van der Waals surface area (Å²) in [5, 5.41) is 14.0. The molecule has 0 fully saturated rings. The van der Waals surface area contributed by atoms with E-state index in [0.29, 0.717) is 22.2 Å². The molecule has 0 aliphatic heterocycles. The van der Waals surface area contributed by atoms with Crippen molar-refractivity contribution in [3.8, 4) is 0 Å². The average molecular weight is 481 g/mol. The Hall–Kier alpha value is -4.74. The van der Waals surface area contributed by atoms with Crippen molar-refractivity contribution in [1.82, 2.24) is 4.57 Å². The van der Waals surface area contributed by atoms with Crippen molar-refractivity contribution < 1.29 is 28.1 Å². The molecule has 1 amide bonds. The highest BCUT2D eigenvalue weighted by Crippen LogP contribution is 2.23. The number of nitrogens with zero attached hydrogens (tertiary/aromatic N) is 2. The van der Waals surface area contributed by atoms with E-state index < -0.39 is 22.3 Å². The molecule has 1 N–H and O–H groups in total. The zero-order valence-electron chi connectivity index (χ0n) is 18.4. The van der Waals surface area contributed by atoms with Gasteiger partial charge in [0.2, 0.25) is 5.91 Å². The molecule has 12 nitrogen and oxygen atoms in total. The van der Waals surface area contributed by atoms with Crippen LogP contribution in [-0.2, 0) is 27.5 Å². The number of ether oxygens (including phenoxy) is 1. The molecule has 0 saturated carbocycles. The van der Waals surface area contributed by atoms with E-state index in [4.69, 9.17) is 13.6 Å². The number of hydrogen-bond acceptors (Lipinski definition) is 9. The molecular formula is C23H19N3O9. The van der Waals surface area contributed by atoms with Crippen LogP contribution in [0.4, 0.5) is 11.4 Å². The van der Waals surface area contributed by atoms with Crippen LogP contribution in [0.15, 0.2) is 60.9 Å². The standard InChI is InChI=1S/C23H19N3O9/c1-13(27)24-15-4-6-17-14(9-22(29)34-19(17)10-15)12-33-21(28)3-2-8-25-18-7-5-16(26(31)32)11-20(18)35-23(25)30/h4-7,9-11H,2-3,8,12H2,1H3,(H,24,27). The summed E-state index contributed by atoms with van der Waals surface area (Å²) in [6.45, 7) is 1.33. The molecule has 2 aromatic carbocycles. The van der Waals surface area contributed by atoms with E-state index in [2.05, 4.69) is 5.32 Å². The molecule has 4 rings (SSSR count). The minimum absolute atomic E-state index is 0.0157. The lowest BCUT2D eigenvalue weighted by Crippen LogP contribution is -2.15. The predicted molar refractivity (Wildman–Crippen MR) is 123 cm³/mol. The highest BCUT2D eigenvalue weighted by molar-refractivity contribution is 5.92. The van der Waals surface area contributed by atoms with Gasteiger partial charge in [-0.2, -0.15) is 0 Å². The molecule has 0 bridgehead atoms. The number of esters is 1. The van der Waals surface area contributed by atoms with Gasteiger partial charge >= 0.3 is 17.4 Å². The van der Waals surface area contributed by atoms with Gasteiger partial charge in [-0.05, 0) is 24.6 Å². The van der Waals surface area contributed by atoms with Crippen molar-refractivity contribution in [2.24, 2.45) is 0 Å². The number of carbonyl (C=O) groups is 2. The molecule has 0 atom stereocenters. The van der Waals surface area contributed by atoms with Gasteiger partial charge in [-0.3, -0.25) is 24.3 Å². The summed E-state index contributed by atoms with van der Waals surface area (Å²) in [5.74, 6) is -1.50. The zero-order valence-corrected chi connectivity index (χ0v) is 18.4. The van der Waals surface area contributed by atoms with Gasteiger partial charge in [0.05, 0.1) is 16.5 Å². The number of nitrogens with one attached hydrogen (secondary N) is 1. The van der Waals surface area contributed by atoms with Gasteiger partial charge in [-0.15, -0.1) is 0 Å². The SMILES string of the molecule is CC(=O)Nc1ccc2c(COC(=O)CCCn3c(=O)oc4cc([N+](=O)[O-])ccc43)cc(=O)oc2c1. The van der Waals surface area contributed by atoms with E-state index in [-0.39, 0.29) is 48.8 Å². The van der Waals surface area contributed by atoms with Crippen LogP contribution in [0.3, 0.4) is 0 Å². The average Bonchev–Trinajstić information content (AvgIpc) is 3.11. The fourth-order valence-electron chi connectivity index (χ4n) is 3.62. The Labute approximate surface area is 195 Å². The van der Waals surface area contributed by atoms with Crippen molar-refractivity contribution >= 4 is 45.3 Å². The van der Waals surface area contributed by atoms with Crippen LogP contribution in [0, 0.1) is 10.1 Å². The predicted octanol–water partition coefficient (Wildman–Crippen LogP) is 3.09. The van der Waals surface area contributed by atoms with E-state index in [1.54, 1.807) is 12.1 Å².